The van der Waals surface area contributed by atoms with Crippen LogP contribution in [0.5, 0.6) is 0 Å². The van der Waals surface area contributed by atoms with Gasteiger partial charge in [-0.25, -0.2) is 0 Å². The highest BCUT2D eigenvalue weighted by atomic mass is 16.1. The van der Waals surface area contributed by atoms with Crippen molar-refractivity contribution < 1.29 is 4.79 Å². The Kier molecular flexibility index (Phi) is 4.28. The Balaban J connectivity index is 3.43. The van der Waals surface area contributed by atoms with Crippen LogP contribution < -0.4 is 0 Å². The van der Waals surface area contributed by atoms with Crippen molar-refractivity contribution in [2.45, 2.75) is 20.3 Å². The normalized spacial score (nSPS) is 13.7. The van der Waals surface area contributed by atoms with Crippen molar-refractivity contribution >= 4 is 5.78 Å². The minimum atomic E-state index is 0.286. The second kappa shape index (κ2) is 4.45. The Morgan fingerprint density at radius 3 is 2.30 bits per heavy atom. The van der Waals surface area contributed by atoms with E-state index in [2.05, 4.69) is 11.8 Å². The largest absolute Gasteiger partial charge is 0.309 e. The summed E-state index contributed by atoms with van der Waals surface area (Å²) in [5, 5.41) is 0. The van der Waals surface area contributed by atoms with Crippen LogP contribution in [0.1, 0.15) is 20.3 Å². The van der Waals surface area contributed by atoms with E-state index in [1.807, 2.05) is 14.1 Å². The summed E-state index contributed by atoms with van der Waals surface area (Å²) in [5.74, 6) is 0.779. The molecule has 0 amide bonds. The average Bonchev–Trinajstić information content (AvgIpc) is 1.58. The number of ketones is 1. The predicted octanol–water partition coefficient (Wildman–Crippen LogP) is 1.16. The van der Waals surface area contributed by atoms with Crippen LogP contribution in [0.2, 0.25) is 0 Å². The molecule has 60 valence electrons. The van der Waals surface area contributed by atoms with Crippen molar-refractivity contribution in [1.82, 2.24) is 4.90 Å². The first-order valence-electron chi connectivity index (χ1n) is 3.66. The number of hydrogen-bond donors (Lipinski definition) is 0. The standard InChI is InChI=1S/C8H17NO/c1-7(5-8(2)10)6-9(3)4/h7H,5-6H2,1-4H3. The zero-order valence-corrected chi connectivity index (χ0v) is 7.35. The van der Waals surface area contributed by atoms with Crippen LogP contribution in [0.15, 0.2) is 0 Å². The number of hydrogen-bond acceptors (Lipinski definition) is 2. The molecule has 0 aliphatic carbocycles. The minimum absolute atomic E-state index is 0.286. The molecule has 0 rings (SSSR count). The van der Waals surface area contributed by atoms with E-state index in [4.69, 9.17) is 0 Å². The lowest BCUT2D eigenvalue weighted by Gasteiger charge is -2.14. The smallest absolute Gasteiger partial charge is 0.130 e. The molecule has 0 bridgehead atoms. The first kappa shape index (κ1) is 9.63. The summed E-state index contributed by atoms with van der Waals surface area (Å²) >= 11 is 0. The summed E-state index contributed by atoms with van der Waals surface area (Å²) in [6.45, 7) is 4.74. The van der Waals surface area contributed by atoms with Crippen LogP contribution >= 0.6 is 0 Å². The van der Waals surface area contributed by atoms with E-state index in [1.54, 1.807) is 6.92 Å². The average molecular weight is 143 g/mol. The summed E-state index contributed by atoms with van der Waals surface area (Å²) in [4.78, 5) is 12.7. The minimum Gasteiger partial charge on any atom is -0.309 e. The Hall–Kier alpha value is -0.370. The fourth-order valence-corrected chi connectivity index (χ4v) is 1.18. The van der Waals surface area contributed by atoms with Crippen molar-refractivity contribution in [2.24, 2.45) is 5.92 Å². The molecule has 0 heterocycles. The quantitative estimate of drug-likeness (QED) is 0.588. The van der Waals surface area contributed by atoms with E-state index in [1.165, 1.54) is 0 Å². The van der Waals surface area contributed by atoms with Gasteiger partial charge in [-0.1, -0.05) is 6.92 Å². The SMILES string of the molecule is CC(=O)CC(C)CN(C)C. The number of nitrogens with zero attached hydrogens (tertiary/aromatic N) is 1. The van der Waals surface area contributed by atoms with E-state index in [9.17, 15) is 4.79 Å². The fraction of sp³-hybridized carbons (Fsp3) is 0.875. The van der Waals surface area contributed by atoms with Crippen molar-refractivity contribution in [3.05, 3.63) is 0 Å². The molecule has 0 saturated carbocycles. The highest BCUT2D eigenvalue weighted by molar-refractivity contribution is 5.75. The van der Waals surface area contributed by atoms with Crippen molar-refractivity contribution in [3.8, 4) is 0 Å². The molecule has 0 aromatic carbocycles. The summed E-state index contributed by atoms with van der Waals surface area (Å²) < 4.78 is 0. The van der Waals surface area contributed by atoms with E-state index in [-0.39, 0.29) is 5.78 Å². The highest BCUT2D eigenvalue weighted by Crippen LogP contribution is 2.02. The van der Waals surface area contributed by atoms with Gasteiger partial charge < -0.3 is 9.69 Å². The summed E-state index contributed by atoms with van der Waals surface area (Å²) in [7, 11) is 4.05. The second-order valence-corrected chi connectivity index (χ2v) is 3.27. The second-order valence-electron chi connectivity index (χ2n) is 3.27. The predicted molar refractivity (Wildman–Crippen MR) is 43.0 cm³/mol. The molecule has 2 nitrogen and oxygen atoms in total. The molecule has 0 aliphatic rings. The Morgan fingerprint density at radius 2 is 2.00 bits per heavy atom. The van der Waals surface area contributed by atoms with Gasteiger partial charge in [-0.2, -0.15) is 0 Å². The van der Waals surface area contributed by atoms with E-state index < -0.39 is 0 Å². The van der Waals surface area contributed by atoms with Gasteiger partial charge in [0.25, 0.3) is 0 Å². The summed E-state index contributed by atoms with van der Waals surface area (Å²) in [5.41, 5.74) is 0. The van der Waals surface area contributed by atoms with Crippen LogP contribution in [-0.4, -0.2) is 31.3 Å². The topological polar surface area (TPSA) is 20.3 Å². The summed E-state index contributed by atoms with van der Waals surface area (Å²) in [6, 6.07) is 0. The van der Waals surface area contributed by atoms with Gasteiger partial charge in [0, 0.05) is 13.0 Å². The number of rotatable bonds is 4. The first-order valence-corrected chi connectivity index (χ1v) is 3.66. The molecule has 0 aromatic rings. The zero-order chi connectivity index (χ0) is 8.15. The van der Waals surface area contributed by atoms with Crippen molar-refractivity contribution in [2.75, 3.05) is 20.6 Å². The Morgan fingerprint density at radius 1 is 1.50 bits per heavy atom. The van der Waals surface area contributed by atoms with Gasteiger partial charge >= 0.3 is 0 Å². The summed E-state index contributed by atoms with van der Waals surface area (Å²) in [6.07, 6.45) is 0.707. The molecule has 0 N–H and O–H groups in total. The zero-order valence-electron chi connectivity index (χ0n) is 7.35. The third-order valence-corrected chi connectivity index (χ3v) is 1.31. The monoisotopic (exact) mass is 143 g/mol. The molecule has 0 saturated heterocycles. The molecule has 0 fully saturated rings. The van der Waals surface area contributed by atoms with Gasteiger partial charge in [0.15, 0.2) is 0 Å². The molecular weight excluding hydrogens is 126 g/mol. The van der Waals surface area contributed by atoms with Crippen LogP contribution in [0.4, 0.5) is 0 Å². The molecule has 1 atom stereocenters. The Bertz CT molecular complexity index is 110. The molecular formula is C8H17NO. The lowest BCUT2D eigenvalue weighted by Crippen LogP contribution is -2.21. The molecule has 0 radical (unpaired) electrons. The van der Waals surface area contributed by atoms with Gasteiger partial charge in [0.1, 0.15) is 5.78 Å². The van der Waals surface area contributed by atoms with Crippen LogP contribution in [0.25, 0.3) is 0 Å². The molecule has 0 aromatic heterocycles. The molecule has 1 unspecified atom stereocenters. The van der Waals surface area contributed by atoms with Gasteiger partial charge in [-0.05, 0) is 26.9 Å². The number of carbonyl (C=O) groups is 1. The van der Waals surface area contributed by atoms with E-state index in [0.717, 1.165) is 6.54 Å². The molecule has 2 heteroatoms. The molecule has 0 spiro atoms. The van der Waals surface area contributed by atoms with Gasteiger partial charge in [-0.15, -0.1) is 0 Å². The molecule has 10 heavy (non-hydrogen) atoms. The van der Waals surface area contributed by atoms with Gasteiger partial charge in [-0.3, -0.25) is 0 Å². The maximum atomic E-state index is 10.6. The fourth-order valence-electron chi connectivity index (χ4n) is 1.18. The van der Waals surface area contributed by atoms with Crippen molar-refractivity contribution in [3.63, 3.8) is 0 Å². The van der Waals surface area contributed by atoms with Crippen LogP contribution in [0, 0.1) is 5.92 Å². The first-order chi connectivity index (χ1) is 4.52. The third-order valence-electron chi connectivity index (χ3n) is 1.31. The van der Waals surface area contributed by atoms with E-state index >= 15 is 0 Å². The lowest BCUT2D eigenvalue weighted by atomic mass is 10.1. The number of carbonyl (C=O) groups excluding carboxylic acids is 1. The van der Waals surface area contributed by atoms with Crippen LogP contribution in [0.3, 0.4) is 0 Å². The number of Topliss-reactive ketones (excluding diaryl/α,β-unsaturated/α-hetero) is 1. The third kappa shape index (κ3) is 5.76. The van der Waals surface area contributed by atoms with Gasteiger partial charge in [0.2, 0.25) is 0 Å². The lowest BCUT2D eigenvalue weighted by molar-refractivity contribution is -0.117. The Labute approximate surface area is 63.2 Å². The van der Waals surface area contributed by atoms with E-state index in [0.29, 0.717) is 12.3 Å². The maximum Gasteiger partial charge on any atom is 0.130 e. The molecule has 0 aliphatic heterocycles. The van der Waals surface area contributed by atoms with Crippen molar-refractivity contribution in [1.29, 1.82) is 0 Å². The maximum absolute atomic E-state index is 10.6. The highest BCUT2D eigenvalue weighted by Gasteiger charge is 2.05. The van der Waals surface area contributed by atoms with Crippen LogP contribution in [-0.2, 0) is 4.79 Å². The van der Waals surface area contributed by atoms with Gasteiger partial charge in [0.05, 0.1) is 0 Å².